The number of nitrogens with one attached hydrogen (secondary N) is 1. The Labute approximate surface area is 173 Å². The summed E-state index contributed by atoms with van der Waals surface area (Å²) in [7, 11) is 0. The largest absolute Gasteiger partial charge is 0.545 e. The van der Waals surface area contributed by atoms with Gasteiger partial charge in [-0.25, -0.2) is 4.98 Å². The summed E-state index contributed by atoms with van der Waals surface area (Å²) in [6.07, 6.45) is 1.93. The lowest BCUT2D eigenvalue weighted by Gasteiger charge is -2.29. The van der Waals surface area contributed by atoms with Crippen LogP contribution in [0.5, 0.6) is 0 Å². The van der Waals surface area contributed by atoms with Crippen LogP contribution < -0.4 is 10.0 Å². The second-order valence-corrected chi connectivity index (χ2v) is 7.69. The number of benzene rings is 2. The molecule has 0 amide bonds. The Hall–Kier alpha value is -2.40. The van der Waals surface area contributed by atoms with E-state index in [-0.39, 0.29) is 5.56 Å². The molecule has 2 aromatic carbocycles. The molecule has 0 saturated heterocycles. The van der Waals surface area contributed by atoms with Crippen LogP contribution in [0.25, 0.3) is 22.6 Å². The number of carboxylic acids is 1. The van der Waals surface area contributed by atoms with E-state index < -0.39 is 5.97 Å². The normalized spacial score (nSPS) is 17.7. The van der Waals surface area contributed by atoms with Gasteiger partial charge in [-0.3, -0.25) is 0 Å². The fourth-order valence-corrected chi connectivity index (χ4v) is 4.29. The molecule has 142 valence electrons. The highest BCUT2D eigenvalue weighted by molar-refractivity contribution is 6.37. The van der Waals surface area contributed by atoms with E-state index >= 15 is 0 Å². The Kier molecular flexibility index (Phi) is 5.11. The van der Waals surface area contributed by atoms with Crippen molar-refractivity contribution < 1.29 is 14.8 Å². The Bertz CT molecular complexity index is 1100. The van der Waals surface area contributed by atoms with Crippen LogP contribution in [0.4, 0.5) is 0 Å². The van der Waals surface area contributed by atoms with E-state index in [1.165, 1.54) is 4.90 Å². The Balaban J connectivity index is 2.02. The number of rotatable bonds is 3. The number of quaternary nitrogens is 1. The molecule has 1 N–H and O–H groups in total. The van der Waals surface area contributed by atoms with E-state index in [0.717, 1.165) is 12.1 Å². The SMILES string of the molecule is CC[NH+]1C/C(=C\c2c(Cl)cccc2Cl)c2nc3ccccc3c(C(=O)[O-])c2C1. The number of aromatic nitrogens is 1. The molecular formula is C22H18Cl2N2O2. The van der Waals surface area contributed by atoms with E-state index in [9.17, 15) is 9.90 Å². The minimum Gasteiger partial charge on any atom is -0.545 e. The number of aromatic carboxylic acids is 1. The van der Waals surface area contributed by atoms with E-state index in [0.29, 0.717) is 50.9 Å². The zero-order valence-electron chi connectivity index (χ0n) is 15.3. The number of hydrogen-bond donors (Lipinski definition) is 1. The first-order valence-electron chi connectivity index (χ1n) is 9.11. The van der Waals surface area contributed by atoms with Gasteiger partial charge < -0.3 is 14.8 Å². The second-order valence-electron chi connectivity index (χ2n) is 6.88. The van der Waals surface area contributed by atoms with E-state index in [1.807, 2.05) is 24.3 Å². The standard InChI is InChI=1S/C22H18Cl2N2O2/c1-2-26-11-13(10-15-17(23)7-5-8-18(15)24)21-16(12-26)20(22(27)28)14-6-3-4-9-19(14)25-21/h3-10H,2,11-12H2,1H3,(H,27,28)/b13-10+. The van der Waals surface area contributed by atoms with Crippen molar-refractivity contribution in [3.05, 3.63) is 74.9 Å². The van der Waals surface area contributed by atoms with Crippen molar-refractivity contribution in [1.82, 2.24) is 4.98 Å². The van der Waals surface area contributed by atoms with Gasteiger partial charge in [0, 0.05) is 37.7 Å². The number of carboxylic acid groups (broad SMARTS) is 1. The fraction of sp³-hybridized carbons (Fsp3) is 0.182. The maximum Gasteiger partial charge on any atom is 0.106 e. The quantitative estimate of drug-likeness (QED) is 0.719. The number of carbonyl (C=O) groups excluding carboxylic acids is 1. The third-order valence-electron chi connectivity index (χ3n) is 5.19. The minimum absolute atomic E-state index is 0.224. The molecule has 0 spiro atoms. The van der Waals surface area contributed by atoms with Crippen LogP contribution >= 0.6 is 23.2 Å². The van der Waals surface area contributed by atoms with Gasteiger partial charge in [0.05, 0.1) is 23.7 Å². The summed E-state index contributed by atoms with van der Waals surface area (Å²) in [5.74, 6) is -1.18. The first-order chi connectivity index (χ1) is 13.5. The van der Waals surface area contributed by atoms with Gasteiger partial charge in [0.25, 0.3) is 0 Å². The number of likely N-dealkylation sites (N-methyl/N-ethyl adjacent to an activating group) is 1. The van der Waals surface area contributed by atoms with Gasteiger partial charge in [0.1, 0.15) is 13.1 Å². The molecule has 28 heavy (non-hydrogen) atoms. The first kappa shape index (κ1) is 18.9. The number of carbonyl (C=O) groups is 1. The first-order valence-corrected chi connectivity index (χ1v) is 9.86. The maximum atomic E-state index is 12.0. The number of pyridine rings is 1. The number of nitrogens with zero attached hydrogens (tertiary/aromatic N) is 1. The van der Waals surface area contributed by atoms with Crippen molar-refractivity contribution in [3.8, 4) is 0 Å². The van der Waals surface area contributed by atoms with Crippen LogP contribution in [0.3, 0.4) is 0 Å². The van der Waals surface area contributed by atoms with E-state index in [2.05, 4.69) is 6.92 Å². The molecule has 0 bridgehead atoms. The minimum atomic E-state index is -1.18. The highest BCUT2D eigenvalue weighted by Crippen LogP contribution is 2.33. The lowest BCUT2D eigenvalue weighted by molar-refractivity contribution is -0.905. The van der Waals surface area contributed by atoms with Crippen molar-refractivity contribution in [2.75, 3.05) is 13.1 Å². The smallest absolute Gasteiger partial charge is 0.106 e. The van der Waals surface area contributed by atoms with E-state index in [4.69, 9.17) is 28.2 Å². The van der Waals surface area contributed by atoms with Gasteiger partial charge >= 0.3 is 0 Å². The average molecular weight is 413 g/mol. The fourth-order valence-electron chi connectivity index (χ4n) is 3.78. The summed E-state index contributed by atoms with van der Waals surface area (Å²) in [4.78, 5) is 18.1. The summed E-state index contributed by atoms with van der Waals surface area (Å²) in [5, 5.41) is 13.7. The van der Waals surface area contributed by atoms with Crippen molar-refractivity contribution in [3.63, 3.8) is 0 Å². The van der Waals surface area contributed by atoms with Gasteiger partial charge in [-0.1, -0.05) is 47.5 Å². The van der Waals surface area contributed by atoms with Crippen molar-refractivity contribution in [2.24, 2.45) is 0 Å². The van der Waals surface area contributed by atoms with Crippen LogP contribution in [0.2, 0.25) is 10.0 Å². The van der Waals surface area contributed by atoms with Gasteiger partial charge in [-0.05, 0) is 31.2 Å². The molecule has 4 nitrogen and oxygen atoms in total. The zero-order chi connectivity index (χ0) is 19.8. The lowest BCUT2D eigenvalue weighted by atomic mass is 9.92. The molecule has 1 aromatic heterocycles. The molecular weight excluding hydrogens is 395 g/mol. The van der Waals surface area contributed by atoms with Crippen LogP contribution in [0, 0.1) is 0 Å². The van der Waals surface area contributed by atoms with Crippen molar-refractivity contribution in [1.29, 1.82) is 0 Å². The predicted molar refractivity (Wildman–Crippen MR) is 110 cm³/mol. The average Bonchev–Trinajstić information content (AvgIpc) is 2.68. The van der Waals surface area contributed by atoms with Crippen molar-refractivity contribution in [2.45, 2.75) is 13.5 Å². The number of halogens is 2. The molecule has 1 aliphatic heterocycles. The van der Waals surface area contributed by atoms with Gasteiger partial charge in [0.15, 0.2) is 0 Å². The monoisotopic (exact) mass is 412 g/mol. The molecule has 0 fully saturated rings. The number of hydrogen-bond acceptors (Lipinski definition) is 3. The molecule has 1 unspecified atom stereocenters. The molecule has 3 aromatic rings. The molecule has 6 heteroatoms. The number of fused-ring (bicyclic) bond motifs is 2. The highest BCUT2D eigenvalue weighted by Gasteiger charge is 2.28. The topological polar surface area (TPSA) is 57.5 Å². The second kappa shape index (κ2) is 7.55. The van der Waals surface area contributed by atoms with Crippen LogP contribution in [-0.4, -0.2) is 24.0 Å². The molecule has 0 aliphatic carbocycles. The highest BCUT2D eigenvalue weighted by atomic mass is 35.5. The third-order valence-corrected chi connectivity index (χ3v) is 5.85. The predicted octanol–water partition coefficient (Wildman–Crippen LogP) is 2.86. The molecule has 0 saturated carbocycles. The van der Waals surface area contributed by atoms with Gasteiger partial charge in [-0.2, -0.15) is 0 Å². The zero-order valence-corrected chi connectivity index (χ0v) is 16.8. The third kappa shape index (κ3) is 3.28. The van der Waals surface area contributed by atoms with Gasteiger partial charge in [0.2, 0.25) is 0 Å². The Morgan fingerprint density at radius 1 is 1.14 bits per heavy atom. The Morgan fingerprint density at radius 2 is 1.86 bits per heavy atom. The van der Waals surface area contributed by atoms with Crippen LogP contribution in [0.15, 0.2) is 42.5 Å². The lowest BCUT2D eigenvalue weighted by Crippen LogP contribution is -3.11. The molecule has 2 heterocycles. The van der Waals surface area contributed by atoms with E-state index in [1.54, 1.807) is 24.3 Å². The maximum absolute atomic E-state index is 12.0. The molecule has 0 radical (unpaired) electrons. The molecule has 4 rings (SSSR count). The van der Waals surface area contributed by atoms with Crippen molar-refractivity contribution >= 4 is 51.7 Å². The summed E-state index contributed by atoms with van der Waals surface area (Å²) in [6.45, 7) is 4.23. The Morgan fingerprint density at radius 3 is 2.54 bits per heavy atom. The summed E-state index contributed by atoms with van der Waals surface area (Å²) < 4.78 is 0. The van der Waals surface area contributed by atoms with Gasteiger partial charge in [-0.15, -0.1) is 0 Å². The number of para-hydroxylation sites is 1. The summed E-state index contributed by atoms with van der Waals surface area (Å²) in [5.41, 5.74) is 3.89. The molecule has 1 aliphatic rings. The summed E-state index contributed by atoms with van der Waals surface area (Å²) in [6, 6.07) is 12.6. The summed E-state index contributed by atoms with van der Waals surface area (Å²) >= 11 is 12.7. The van der Waals surface area contributed by atoms with Crippen LogP contribution in [-0.2, 0) is 6.54 Å². The van der Waals surface area contributed by atoms with Crippen LogP contribution in [0.1, 0.15) is 34.1 Å². The molecule has 1 atom stereocenters.